The molecule has 1 atom stereocenters. The molecule has 2 aromatic carbocycles. The zero-order valence-electron chi connectivity index (χ0n) is 14.4. The Bertz CT molecular complexity index is 970. The van der Waals surface area contributed by atoms with E-state index in [0.29, 0.717) is 0 Å². The first-order valence-corrected chi connectivity index (χ1v) is 9.58. The zero-order chi connectivity index (χ0) is 17.8. The smallest absolute Gasteiger partial charge is 0.187 e. The van der Waals surface area contributed by atoms with Crippen molar-refractivity contribution in [2.45, 2.75) is 11.2 Å². The van der Waals surface area contributed by atoms with Gasteiger partial charge in [0.2, 0.25) is 0 Å². The van der Waals surface area contributed by atoms with E-state index in [1.54, 1.807) is 18.0 Å². The maximum atomic E-state index is 4.84. The van der Waals surface area contributed by atoms with Crippen molar-refractivity contribution in [3.63, 3.8) is 0 Å². The summed E-state index contributed by atoms with van der Waals surface area (Å²) in [4.78, 5) is 13.6. The van der Waals surface area contributed by atoms with Crippen molar-refractivity contribution < 1.29 is 0 Å². The summed E-state index contributed by atoms with van der Waals surface area (Å²) in [6.07, 6.45) is 9.56. The summed E-state index contributed by atoms with van der Waals surface area (Å²) in [6, 6.07) is 20.6. The Morgan fingerprint density at radius 1 is 0.962 bits per heavy atom. The van der Waals surface area contributed by atoms with Crippen molar-refractivity contribution in [1.29, 1.82) is 0 Å². The third-order valence-electron chi connectivity index (χ3n) is 4.26. The number of hydrogen-bond acceptors (Lipinski definition) is 4. The number of imidazole rings is 1. The normalized spacial score (nSPS) is 12.0. The van der Waals surface area contributed by atoms with Crippen LogP contribution in [0.5, 0.6) is 0 Å². The van der Waals surface area contributed by atoms with Crippen LogP contribution < -0.4 is 0 Å². The molecule has 4 rings (SSSR count). The van der Waals surface area contributed by atoms with Crippen LogP contribution in [0.3, 0.4) is 0 Å². The summed E-state index contributed by atoms with van der Waals surface area (Å²) in [5.74, 6) is 0. The van der Waals surface area contributed by atoms with Crippen molar-refractivity contribution in [3.8, 4) is 11.3 Å². The van der Waals surface area contributed by atoms with E-state index in [1.807, 2.05) is 49.2 Å². The van der Waals surface area contributed by atoms with Gasteiger partial charge in [-0.15, -0.1) is 0 Å². The molecule has 0 amide bonds. The molecule has 2 aromatic heterocycles. The summed E-state index contributed by atoms with van der Waals surface area (Å²) < 4.78 is 2.10. The fourth-order valence-electron chi connectivity index (χ4n) is 3.07. The Morgan fingerprint density at radius 2 is 1.69 bits per heavy atom. The lowest BCUT2D eigenvalue weighted by atomic mass is 9.95. The molecular weight excluding hydrogens is 340 g/mol. The van der Waals surface area contributed by atoms with E-state index in [9.17, 15) is 0 Å². The molecule has 0 bridgehead atoms. The van der Waals surface area contributed by atoms with E-state index in [1.165, 1.54) is 5.56 Å². The molecular formula is C21H18N4S. The van der Waals surface area contributed by atoms with Crippen molar-refractivity contribution >= 4 is 11.8 Å². The largest absolute Gasteiger partial charge is 0.326 e. The summed E-state index contributed by atoms with van der Waals surface area (Å²) in [5.41, 5.74) is 4.26. The molecule has 0 saturated carbocycles. The number of benzene rings is 2. The zero-order valence-corrected chi connectivity index (χ0v) is 15.2. The Hall–Kier alpha value is -2.92. The third-order valence-corrected chi connectivity index (χ3v) is 4.82. The standard InChI is InChI=1S/C21H18N4S/c1-26-21-23-14-18(19(24-21)16-8-4-2-5-9-16)20(25-13-12-22-15-25)17-10-6-3-7-11-17/h2-15,20H,1H3. The quantitative estimate of drug-likeness (QED) is 0.383. The Kier molecular flexibility index (Phi) is 4.80. The summed E-state index contributed by atoms with van der Waals surface area (Å²) in [6.45, 7) is 0. The lowest BCUT2D eigenvalue weighted by Gasteiger charge is -2.22. The molecule has 0 saturated heterocycles. The molecule has 0 fully saturated rings. The van der Waals surface area contributed by atoms with Gasteiger partial charge in [0.15, 0.2) is 5.16 Å². The van der Waals surface area contributed by atoms with Gasteiger partial charge >= 0.3 is 0 Å². The number of rotatable bonds is 5. The van der Waals surface area contributed by atoms with Crippen LogP contribution in [-0.2, 0) is 0 Å². The lowest BCUT2D eigenvalue weighted by molar-refractivity contribution is 0.668. The minimum absolute atomic E-state index is 0.0372. The summed E-state index contributed by atoms with van der Waals surface area (Å²) in [7, 11) is 0. The molecule has 2 heterocycles. The van der Waals surface area contributed by atoms with E-state index >= 15 is 0 Å². The van der Waals surface area contributed by atoms with Crippen LogP contribution in [0.25, 0.3) is 11.3 Å². The van der Waals surface area contributed by atoms with Gasteiger partial charge in [-0.25, -0.2) is 15.0 Å². The van der Waals surface area contributed by atoms with Crippen LogP contribution in [0.4, 0.5) is 0 Å². The monoisotopic (exact) mass is 358 g/mol. The highest BCUT2D eigenvalue weighted by molar-refractivity contribution is 7.98. The van der Waals surface area contributed by atoms with Crippen LogP contribution in [0.15, 0.2) is 90.7 Å². The fraction of sp³-hybridized carbons (Fsp3) is 0.0952. The van der Waals surface area contributed by atoms with Crippen molar-refractivity contribution in [2.75, 3.05) is 6.26 Å². The molecule has 0 aliphatic heterocycles. The van der Waals surface area contributed by atoms with E-state index in [-0.39, 0.29) is 6.04 Å². The third kappa shape index (κ3) is 3.26. The first-order chi connectivity index (χ1) is 12.9. The van der Waals surface area contributed by atoms with E-state index in [4.69, 9.17) is 4.98 Å². The summed E-state index contributed by atoms with van der Waals surface area (Å²) >= 11 is 1.55. The van der Waals surface area contributed by atoms with Gasteiger partial charge < -0.3 is 4.57 Å². The minimum atomic E-state index is -0.0372. The fourth-order valence-corrected chi connectivity index (χ4v) is 3.41. The predicted molar refractivity (Wildman–Crippen MR) is 105 cm³/mol. The highest BCUT2D eigenvalue weighted by atomic mass is 32.2. The molecule has 5 heteroatoms. The second-order valence-corrected chi connectivity index (χ2v) is 6.62. The second-order valence-electron chi connectivity index (χ2n) is 5.85. The average Bonchev–Trinajstić information content (AvgIpc) is 3.24. The topological polar surface area (TPSA) is 43.6 Å². The van der Waals surface area contributed by atoms with Gasteiger partial charge in [0.05, 0.1) is 18.1 Å². The van der Waals surface area contributed by atoms with Crippen LogP contribution in [0.1, 0.15) is 17.2 Å². The van der Waals surface area contributed by atoms with Crippen molar-refractivity contribution in [3.05, 3.63) is 96.7 Å². The van der Waals surface area contributed by atoms with E-state index < -0.39 is 0 Å². The van der Waals surface area contributed by atoms with E-state index in [0.717, 1.165) is 22.0 Å². The van der Waals surface area contributed by atoms with Crippen LogP contribution >= 0.6 is 11.8 Å². The van der Waals surface area contributed by atoms with Crippen molar-refractivity contribution in [2.24, 2.45) is 0 Å². The number of nitrogens with zero attached hydrogens (tertiary/aromatic N) is 4. The maximum absolute atomic E-state index is 4.84. The van der Waals surface area contributed by atoms with Gasteiger partial charge in [-0.2, -0.15) is 0 Å². The number of thioether (sulfide) groups is 1. The first kappa shape index (κ1) is 16.5. The van der Waals surface area contributed by atoms with Gasteiger partial charge in [-0.3, -0.25) is 0 Å². The second kappa shape index (κ2) is 7.54. The van der Waals surface area contributed by atoms with E-state index in [2.05, 4.69) is 50.9 Å². The molecule has 0 N–H and O–H groups in total. The molecule has 128 valence electrons. The minimum Gasteiger partial charge on any atom is -0.326 e. The van der Waals surface area contributed by atoms with Gasteiger partial charge in [0.25, 0.3) is 0 Å². The predicted octanol–water partition coefficient (Wildman–Crippen LogP) is 4.70. The summed E-state index contributed by atoms with van der Waals surface area (Å²) in [5, 5.41) is 0.769. The Balaban J connectivity index is 1.94. The van der Waals surface area contributed by atoms with Crippen molar-refractivity contribution in [1.82, 2.24) is 19.5 Å². The lowest BCUT2D eigenvalue weighted by Crippen LogP contribution is -2.13. The SMILES string of the molecule is CSc1ncc(C(c2ccccc2)n2ccnc2)c(-c2ccccc2)n1. The molecule has 26 heavy (non-hydrogen) atoms. The molecule has 1 unspecified atom stereocenters. The van der Waals surface area contributed by atoms with Crippen LogP contribution in [0.2, 0.25) is 0 Å². The maximum Gasteiger partial charge on any atom is 0.187 e. The first-order valence-electron chi connectivity index (χ1n) is 8.35. The molecule has 0 radical (unpaired) electrons. The molecule has 0 aliphatic carbocycles. The number of hydrogen-bond donors (Lipinski definition) is 0. The van der Waals surface area contributed by atoms with Gasteiger partial charge in [-0.05, 0) is 11.8 Å². The Morgan fingerprint density at radius 3 is 2.35 bits per heavy atom. The highest BCUT2D eigenvalue weighted by Gasteiger charge is 2.22. The molecule has 0 aliphatic rings. The molecule has 4 aromatic rings. The van der Waals surface area contributed by atoms with Gasteiger partial charge in [0.1, 0.15) is 0 Å². The average molecular weight is 358 g/mol. The molecule has 4 nitrogen and oxygen atoms in total. The van der Waals surface area contributed by atoms with Crippen LogP contribution in [-0.4, -0.2) is 25.8 Å². The van der Waals surface area contributed by atoms with Crippen LogP contribution in [0, 0.1) is 0 Å². The van der Waals surface area contributed by atoms with Gasteiger partial charge in [-0.1, -0.05) is 72.4 Å². The Labute approximate surface area is 157 Å². The van der Waals surface area contributed by atoms with Gasteiger partial charge in [0, 0.05) is 29.7 Å². The highest BCUT2D eigenvalue weighted by Crippen LogP contribution is 2.33. The molecule has 0 spiro atoms. The number of aromatic nitrogens is 4.